The average Bonchev–Trinajstić information content (AvgIpc) is 3.55. The third kappa shape index (κ3) is 7.27. The third-order valence-electron chi connectivity index (χ3n) is 7.40. The molecule has 230 valence electrons. The van der Waals surface area contributed by atoms with Gasteiger partial charge in [-0.05, 0) is 73.0 Å². The van der Waals surface area contributed by atoms with Crippen LogP contribution in [-0.4, -0.2) is 67.2 Å². The van der Waals surface area contributed by atoms with E-state index in [1.54, 1.807) is 32.5 Å². The number of fused-ring (bicyclic) bond motifs is 1. The Morgan fingerprint density at radius 2 is 2.07 bits per heavy atom. The predicted octanol–water partition coefficient (Wildman–Crippen LogP) is 4.18. The molecular weight excluding hydrogens is 673 g/mol. The number of carbonyl (C=O) groups is 1. The molecule has 3 aromatic rings. The number of nitriles is 1. The van der Waals surface area contributed by atoms with Crippen LogP contribution in [-0.2, 0) is 37.8 Å². The van der Waals surface area contributed by atoms with Gasteiger partial charge < -0.3 is 24.3 Å². The number of nitrogens with one attached hydrogen (secondary N) is 1. The van der Waals surface area contributed by atoms with Crippen molar-refractivity contribution in [2.24, 2.45) is 5.92 Å². The van der Waals surface area contributed by atoms with E-state index in [2.05, 4.69) is 10.8 Å². The molecule has 12 nitrogen and oxygen atoms in total. The summed E-state index contributed by atoms with van der Waals surface area (Å²) >= 11 is 17.3. The molecule has 0 aliphatic carbocycles. The van der Waals surface area contributed by atoms with E-state index in [4.69, 9.17) is 48.6 Å². The molecule has 3 atom stereocenters. The largest absolute Gasteiger partial charge is 0.469 e. The van der Waals surface area contributed by atoms with Crippen molar-refractivity contribution in [2.75, 3.05) is 35.5 Å². The second kappa shape index (κ2) is 12.7. The molecule has 0 saturated carbocycles. The zero-order valence-corrected chi connectivity index (χ0v) is 28.0. The molecule has 2 saturated heterocycles. The number of hydrogen-bond acceptors (Lipinski definition) is 10. The number of aromatic nitrogens is 3. The number of likely N-dealkylation sites (tertiary alicyclic amines) is 1. The zero-order valence-electron chi connectivity index (χ0n) is 23.1. The summed E-state index contributed by atoms with van der Waals surface area (Å²) in [6.07, 6.45) is 3.11. The number of rotatable bonds is 8. The van der Waals surface area contributed by atoms with Crippen molar-refractivity contribution in [3.63, 3.8) is 0 Å². The highest BCUT2D eigenvalue weighted by molar-refractivity contribution is 8.98. The summed E-state index contributed by atoms with van der Waals surface area (Å²) in [5.74, 6) is -0.370. The van der Waals surface area contributed by atoms with Gasteiger partial charge in [-0.2, -0.15) is 10.4 Å². The van der Waals surface area contributed by atoms with E-state index >= 15 is 0 Å². The average molecular weight is 702 g/mol. The normalized spacial score (nSPS) is 21.3. The summed E-state index contributed by atoms with van der Waals surface area (Å²) in [7, 11) is -3.41. The molecule has 1 aromatic carbocycles. The number of amides is 1. The molecule has 4 heterocycles. The van der Waals surface area contributed by atoms with Crippen molar-refractivity contribution in [1.82, 2.24) is 19.5 Å². The minimum atomic E-state index is -4.77. The lowest BCUT2D eigenvalue weighted by Crippen LogP contribution is -2.39. The molecule has 2 fully saturated rings. The molecular formula is C25H29ClN7O5PS4. The molecule has 1 amide bonds. The molecule has 2 aliphatic heterocycles. The van der Waals surface area contributed by atoms with Crippen molar-refractivity contribution in [2.45, 2.75) is 38.3 Å². The fourth-order valence-corrected chi connectivity index (χ4v) is 7.78. The molecule has 0 radical (unpaired) electrons. The van der Waals surface area contributed by atoms with Crippen LogP contribution >= 0.6 is 30.2 Å². The number of phosphoric acid groups is 1. The number of halogens is 1. The van der Waals surface area contributed by atoms with Gasteiger partial charge in [0, 0.05) is 48.8 Å². The molecule has 5 rings (SSSR count). The van der Waals surface area contributed by atoms with Gasteiger partial charge in [0.25, 0.3) is 5.91 Å². The molecule has 3 N–H and O–H groups in total. The SMILES string of the molecule is CSS(=S)(=S)Nc1ccc(Cl)cc1C(=O)N1CCCC[C@H]1c1cc2nc(N3C[C@@H](C#N)[C@H](OP(=O)(O)O)C3)c(C)cn2n1. The first-order valence-corrected chi connectivity index (χ1v) is 20.4. The maximum absolute atomic E-state index is 14.0. The number of phosphoric ester groups is 1. The Balaban J connectivity index is 1.45. The minimum absolute atomic E-state index is 0.101. The molecule has 0 bridgehead atoms. The quantitative estimate of drug-likeness (QED) is 0.227. The highest BCUT2D eigenvalue weighted by Gasteiger charge is 2.39. The monoisotopic (exact) mass is 701 g/mol. The van der Waals surface area contributed by atoms with Crippen LogP contribution in [0.5, 0.6) is 0 Å². The Bertz CT molecular complexity index is 1760. The van der Waals surface area contributed by atoms with Crippen LogP contribution in [0.15, 0.2) is 30.5 Å². The molecule has 0 unspecified atom stereocenters. The lowest BCUT2D eigenvalue weighted by molar-refractivity contribution is 0.0606. The summed E-state index contributed by atoms with van der Waals surface area (Å²) in [6, 6.07) is 8.67. The van der Waals surface area contributed by atoms with E-state index in [0.29, 0.717) is 46.4 Å². The lowest BCUT2D eigenvalue weighted by Gasteiger charge is -2.35. The topological polar surface area (TPSA) is 156 Å². The van der Waals surface area contributed by atoms with Crippen LogP contribution in [0.2, 0.25) is 5.02 Å². The molecule has 0 spiro atoms. The van der Waals surface area contributed by atoms with Gasteiger partial charge in [0.15, 0.2) is 5.65 Å². The first kappa shape index (κ1) is 32.3. The number of hydrogen-bond donors (Lipinski definition) is 3. The van der Waals surface area contributed by atoms with Crippen LogP contribution in [0.4, 0.5) is 11.5 Å². The van der Waals surface area contributed by atoms with Gasteiger partial charge in [-0.1, -0.05) is 22.4 Å². The molecule has 2 aliphatic rings. The van der Waals surface area contributed by atoms with Gasteiger partial charge in [-0.3, -0.25) is 9.32 Å². The van der Waals surface area contributed by atoms with Crippen molar-refractivity contribution in [1.29, 1.82) is 5.26 Å². The van der Waals surface area contributed by atoms with E-state index in [1.165, 1.54) is 10.8 Å². The summed E-state index contributed by atoms with van der Waals surface area (Å²) < 4.78 is 21.2. The fraction of sp³-hybridized carbons (Fsp3) is 0.440. The van der Waals surface area contributed by atoms with Crippen LogP contribution in [0.25, 0.3) is 5.65 Å². The highest BCUT2D eigenvalue weighted by Crippen LogP contribution is 2.42. The number of carbonyl (C=O) groups excluding carboxylic acids is 1. The maximum atomic E-state index is 14.0. The Morgan fingerprint density at radius 3 is 2.77 bits per heavy atom. The maximum Gasteiger partial charge on any atom is 0.469 e. The zero-order chi connectivity index (χ0) is 31.1. The molecule has 2 aromatic heterocycles. The highest BCUT2D eigenvalue weighted by atomic mass is 35.5. The van der Waals surface area contributed by atoms with E-state index in [9.17, 15) is 24.4 Å². The number of benzene rings is 1. The van der Waals surface area contributed by atoms with E-state index in [1.807, 2.05) is 25.4 Å². The number of piperidine rings is 1. The van der Waals surface area contributed by atoms with Gasteiger partial charge >= 0.3 is 7.82 Å². The number of aryl methyl sites for hydroxylation is 1. The van der Waals surface area contributed by atoms with Crippen LogP contribution in [0.3, 0.4) is 0 Å². The molecule has 18 heteroatoms. The van der Waals surface area contributed by atoms with Gasteiger partial charge in [0.1, 0.15) is 11.9 Å². The summed E-state index contributed by atoms with van der Waals surface area (Å²) in [6.45, 7) is 2.69. The Labute approximate surface area is 267 Å². The van der Waals surface area contributed by atoms with Gasteiger partial charge in [0.2, 0.25) is 0 Å². The van der Waals surface area contributed by atoms with Crippen molar-refractivity contribution < 1.29 is 23.7 Å². The minimum Gasteiger partial charge on any atom is -0.352 e. The second-order valence-corrected chi connectivity index (χ2v) is 20.8. The smallest absolute Gasteiger partial charge is 0.352 e. The van der Waals surface area contributed by atoms with E-state index in [-0.39, 0.29) is 25.0 Å². The predicted molar refractivity (Wildman–Crippen MR) is 174 cm³/mol. The first-order chi connectivity index (χ1) is 20.3. The second-order valence-electron chi connectivity index (χ2n) is 10.3. The Kier molecular flexibility index (Phi) is 9.58. The van der Waals surface area contributed by atoms with Crippen molar-refractivity contribution >= 4 is 82.0 Å². The van der Waals surface area contributed by atoms with Gasteiger partial charge in [0.05, 0.1) is 35.0 Å². The van der Waals surface area contributed by atoms with Gasteiger partial charge in [-0.25, -0.2) is 14.1 Å². The standard InChI is InChI=1S/C25H29ClN7O5PS4/c1-15-12-33-23(28-24(15)31-13-16(11-27)22(14-31)38-39(35,36)37)10-20(29-33)21-5-3-4-8-32(21)25(34)18-9-17(26)6-7-19(18)30-43(40,41)42-2/h6-7,9-10,12,16,21-22,30H,3-5,8,13-14H2,1-2H3,(H2,35,36,37)/t16-,21+,22-/m1/s1. The van der Waals surface area contributed by atoms with Crippen LogP contribution in [0.1, 0.15) is 46.9 Å². The number of anilines is 2. The molecule has 43 heavy (non-hydrogen) atoms. The first-order valence-electron chi connectivity index (χ1n) is 13.2. The Hall–Kier alpha value is -2.06. The van der Waals surface area contributed by atoms with E-state index < -0.39 is 26.2 Å². The van der Waals surface area contributed by atoms with E-state index in [0.717, 1.165) is 18.4 Å². The van der Waals surface area contributed by atoms with Crippen LogP contribution < -0.4 is 9.62 Å². The van der Waals surface area contributed by atoms with Crippen LogP contribution in [0, 0.1) is 24.2 Å². The summed E-state index contributed by atoms with van der Waals surface area (Å²) in [4.78, 5) is 41.0. The third-order valence-corrected chi connectivity index (χ3v) is 13.6. The van der Waals surface area contributed by atoms with Crippen molar-refractivity contribution in [3.05, 3.63) is 52.3 Å². The summed E-state index contributed by atoms with van der Waals surface area (Å²) in [5, 5.41) is 14.8. The number of nitrogens with zero attached hydrogens (tertiary/aromatic N) is 6. The fourth-order valence-electron chi connectivity index (χ4n) is 5.45. The van der Waals surface area contributed by atoms with Gasteiger partial charge in [-0.15, -0.1) is 0 Å². The lowest BCUT2D eigenvalue weighted by atomic mass is 9.98. The Morgan fingerprint density at radius 1 is 1.30 bits per heavy atom. The van der Waals surface area contributed by atoms with Crippen molar-refractivity contribution in [3.8, 4) is 6.07 Å². The summed E-state index contributed by atoms with van der Waals surface area (Å²) in [5.41, 5.74) is 2.93.